The van der Waals surface area contributed by atoms with Crippen LogP contribution in [0.4, 0.5) is 0 Å². The van der Waals surface area contributed by atoms with Crippen LogP contribution in [0.15, 0.2) is 41.6 Å². The molecule has 21 heavy (non-hydrogen) atoms. The maximum absolute atomic E-state index is 12.4. The van der Waals surface area contributed by atoms with Crippen LogP contribution in [-0.2, 0) is 14.4 Å². The van der Waals surface area contributed by atoms with Gasteiger partial charge >= 0.3 is 5.97 Å². The first-order valence-electron chi connectivity index (χ1n) is 6.90. The highest BCUT2D eigenvalue weighted by molar-refractivity contribution is 6.05. The minimum Gasteiger partial charge on any atom is -0.481 e. The molecule has 1 aromatic carbocycles. The molecule has 5 heteroatoms. The lowest BCUT2D eigenvalue weighted by atomic mass is 9.75. The number of carbonyl (C=O) groups excluding carboxylic acids is 2. The van der Waals surface area contributed by atoms with Crippen LogP contribution in [0.1, 0.15) is 30.7 Å². The third kappa shape index (κ3) is 2.46. The van der Waals surface area contributed by atoms with E-state index in [0.717, 1.165) is 5.56 Å². The molecule has 1 amide bonds. The van der Waals surface area contributed by atoms with Gasteiger partial charge in [-0.2, -0.15) is 0 Å². The molecule has 2 N–H and O–H groups in total. The van der Waals surface area contributed by atoms with Crippen LogP contribution in [-0.4, -0.2) is 22.8 Å². The van der Waals surface area contributed by atoms with Gasteiger partial charge in [-0.1, -0.05) is 30.3 Å². The number of aliphatic carboxylic acids is 1. The minimum atomic E-state index is -1.11. The van der Waals surface area contributed by atoms with Gasteiger partial charge in [0.15, 0.2) is 5.78 Å². The summed E-state index contributed by atoms with van der Waals surface area (Å²) in [5.74, 6) is -2.62. The van der Waals surface area contributed by atoms with Crippen LogP contribution in [0.3, 0.4) is 0 Å². The van der Waals surface area contributed by atoms with E-state index in [9.17, 15) is 19.5 Å². The molecule has 1 heterocycles. The quantitative estimate of drug-likeness (QED) is 0.864. The second kappa shape index (κ2) is 5.16. The predicted molar refractivity (Wildman–Crippen MR) is 74.3 cm³/mol. The summed E-state index contributed by atoms with van der Waals surface area (Å²) in [5, 5.41) is 11.9. The smallest absolute Gasteiger partial charge is 0.311 e. The van der Waals surface area contributed by atoms with Crippen LogP contribution in [0.5, 0.6) is 0 Å². The summed E-state index contributed by atoms with van der Waals surface area (Å²) in [6.45, 7) is 0. The predicted octanol–water partition coefficient (Wildman–Crippen LogP) is 1.61. The summed E-state index contributed by atoms with van der Waals surface area (Å²) < 4.78 is 0. The standard InChI is InChI=1S/C16H15NO4/c18-13-7-10(9-4-2-1-3-5-9)6-12-15(13)11(16(20)21)8-14(19)17-12/h1-5,10-11H,6-8H2,(H,17,19)(H,20,21)/t10-,11+/m0/s1. The molecule has 0 radical (unpaired) electrons. The maximum atomic E-state index is 12.4. The van der Waals surface area contributed by atoms with Crippen molar-refractivity contribution in [1.29, 1.82) is 0 Å². The SMILES string of the molecule is O=C1C[C@@H](C(=O)O)C2=C(C[C@H](c3ccccc3)CC2=O)N1. The van der Waals surface area contributed by atoms with E-state index in [1.807, 2.05) is 30.3 Å². The lowest BCUT2D eigenvalue weighted by Crippen LogP contribution is -2.41. The Morgan fingerprint density at radius 3 is 2.48 bits per heavy atom. The first kappa shape index (κ1) is 13.5. The van der Waals surface area contributed by atoms with Gasteiger partial charge in [-0.05, 0) is 17.9 Å². The monoisotopic (exact) mass is 285 g/mol. The van der Waals surface area contributed by atoms with Crippen molar-refractivity contribution in [3.05, 3.63) is 47.2 Å². The number of nitrogens with one attached hydrogen (secondary N) is 1. The first-order valence-corrected chi connectivity index (χ1v) is 6.90. The number of amides is 1. The van der Waals surface area contributed by atoms with Crippen molar-refractivity contribution in [1.82, 2.24) is 5.32 Å². The number of carboxylic acid groups (broad SMARTS) is 1. The molecule has 1 aliphatic heterocycles. The molecule has 1 aliphatic carbocycles. The molecular formula is C16H15NO4. The Hall–Kier alpha value is -2.43. The third-order valence-electron chi connectivity index (χ3n) is 4.11. The number of carbonyl (C=O) groups is 3. The first-order chi connectivity index (χ1) is 10.1. The largest absolute Gasteiger partial charge is 0.481 e. The van der Waals surface area contributed by atoms with Crippen molar-refractivity contribution in [2.75, 3.05) is 0 Å². The van der Waals surface area contributed by atoms with Gasteiger partial charge in [-0.25, -0.2) is 0 Å². The van der Waals surface area contributed by atoms with E-state index >= 15 is 0 Å². The molecule has 0 bridgehead atoms. The fraction of sp³-hybridized carbons (Fsp3) is 0.312. The molecule has 2 aliphatic rings. The second-order valence-electron chi connectivity index (χ2n) is 5.47. The minimum absolute atomic E-state index is 0.00899. The summed E-state index contributed by atoms with van der Waals surface area (Å²) in [6, 6.07) is 9.61. The maximum Gasteiger partial charge on any atom is 0.311 e. The van der Waals surface area contributed by atoms with E-state index < -0.39 is 11.9 Å². The van der Waals surface area contributed by atoms with Crippen LogP contribution in [0, 0.1) is 5.92 Å². The number of benzene rings is 1. The lowest BCUT2D eigenvalue weighted by Gasteiger charge is -2.32. The molecule has 0 aromatic heterocycles. The Bertz CT molecular complexity index is 648. The number of hydrogen-bond acceptors (Lipinski definition) is 3. The van der Waals surface area contributed by atoms with Crippen molar-refractivity contribution in [2.24, 2.45) is 5.92 Å². The fourth-order valence-corrected chi connectivity index (χ4v) is 3.13. The fourth-order valence-electron chi connectivity index (χ4n) is 3.13. The Morgan fingerprint density at radius 2 is 1.81 bits per heavy atom. The van der Waals surface area contributed by atoms with E-state index in [1.165, 1.54) is 0 Å². The zero-order valence-corrected chi connectivity index (χ0v) is 11.3. The van der Waals surface area contributed by atoms with Crippen LogP contribution in [0.2, 0.25) is 0 Å². The Kier molecular flexibility index (Phi) is 3.33. The van der Waals surface area contributed by atoms with E-state index in [1.54, 1.807) is 0 Å². The third-order valence-corrected chi connectivity index (χ3v) is 4.11. The highest BCUT2D eigenvalue weighted by Crippen LogP contribution is 2.38. The summed E-state index contributed by atoms with van der Waals surface area (Å²) in [5.41, 5.74) is 1.81. The van der Waals surface area contributed by atoms with Crippen molar-refractivity contribution in [3.63, 3.8) is 0 Å². The summed E-state index contributed by atoms with van der Waals surface area (Å²) in [6.07, 6.45) is 0.638. The highest BCUT2D eigenvalue weighted by atomic mass is 16.4. The molecule has 2 atom stereocenters. The van der Waals surface area contributed by atoms with Crippen molar-refractivity contribution in [2.45, 2.75) is 25.2 Å². The van der Waals surface area contributed by atoms with E-state index in [0.29, 0.717) is 18.5 Å². The number of ketones is 1. The van der Waals surface area contributed by atoms with Crippen molar-refractivity contribution >= 4 is 17.7 Å². The summed E-state index contributed by atoms with van der Waals surface area (Å²) in [7, 11) is 0. The zero-order valence-electron chi connectivity index (χ0n) is 11.3. The average molecular weight is 285 g/mol. The number of carboxylic acids is 1. The molecule has 1 aromatic rings. The van der Waals surface area contributed by atoms with Crippen molar-refractivity contribution in [3.8, 4) is 0 Å². The van der Waals surface area contributed by atoms with Gasteiger partial charge in [0.05, 0.1) is 5.92 Å². The van der Waals surface area contributed by atoms with E-state index in [-0.39, 0.29) is 29.6 Å². The Morgan fingerprint density at radius 1 is 1.10 bits per heavy atom. The second-order valence-corrected chi connectivity index (χ2v) is 5.47. The normalized spacial score (nSPS) is 25.3. The van der Waals surface area contributed by atoms with Crippen LogP contribution < -0.4 is 5.32 Å². The van der Waals surface area contributed by atoms with Gasteiger partial charge in [0.25, 0.3) is 0 Å². The molecule has 0 saturated carbocycles. The molecule has 0 unspecified atom stereocenters. The number of Topliss-reactive ketones (excluding diaryl/α,β-unsaturated/α-hetero) is 1. The zero-order chi connectivity index (χ0) is 15.0. The molecule has 0 spiro atoms. The van der Waals surface area contributed by atoms with Crippen molar-refractivity contribution < 1.29 is 19.5 Å². The Labute approximate surface area is 121 Å². The van der Waals surface area contributed by atoms with Gasteiger partial charge in [-0.3, -0.25) is 14.4 Å². The number of hydrogen-bond donors (Lipinski definition) is 2. The highest BCUT2D eigenvalue weighted by Gasteiger charge is 2.40. The van der Waals surface area contributed by atoms with Gasteiger partial charge in [0.2, 0.25) is 5.91 Å². The molecule has 5 nitrogen and oxygen atoms in total. The average Bonchev–Trinajstić information content (AvgIpc) is 2.46. The number of allylic oxidation sites excluding steroid dienone is 1. The summed E-state index contributed by atoms with van der Waals surface area (Å²) >= 11 is 0. The molecule has 0 saturated heterocycles. The Balaban J connectivity index is 1.96. The van der Waals surface area contributed by atoms with Gasteiger partial charge in [0, 0.05) is 24.1 Å². The molecular weight excluding hydrogens is 270 g/mol. The topological polar surface area (TPSA) is 83.5 Å². The van der Waals surface area contributed by atoms with E-state index in [4.69, 9.17) is 0 Å². The number of rotatable bonds is 2. The summed E-state index contributed by atoms with van der Waals surface area (Å²) in [4.78, 5) is 35.3. The van der Waals surface area contributed by atoms with Crippen LogP contribution in [0.25, 0.3) is 0 Å². The van der Waals surface area contributed by atoms with Crippen LogP contribution >= 0.6 is 0 Å². The van der Waals surface area contributed by atoms with Gasteiger partial charge < -0.3 is 10.4 Å². The molecule has 0 fully saturated rings. The lowest BCUT2D eigenvalue weighted by molar-refractivity contribution is -0.144. The van der Waals surface area contributed by atoms with Gasteiger partial charge in [0.1, 0.15) is 0 Å². The van der Waals surface area contributed by atoms with Gasteiger partial charge in [-0.15, -0.1) is 0 Å². The molecule has 108 valence electrons. The molecule has 3 rings (SSSR count). The van der Waals surface area contributed by atoms with E-state index in [2.05, 4.69) is 5.32 Å².